The van der Waals surface area contributed by atoms with Crippen LogP contribution >= 0.6 is 0 Å². The van der Waals surface area contributed by atoms with Crippen LogP contribution in [0, 0.1) is 11.6 Å². The molecule has 2 unspecified atom stereocenters. The summed E-state index contributed by atoms with van der Waals surface area (Å²) >= 11 is 0. The number of carboxylic acids is 2. The van der Waals surface area contributed by atoms with Crippen LogP contribution in [-0.4, -0.2) is 99.8 Å². The number of aliphatic hydroxyl groups excluding tert-OH is 4. The molecule has 0 aliphatic heterocycles. The zero-order valence-corrected chi connectivity index (χ0v) is 58.8. The standard InChI is InChI=1S/C82H98F2N6O12/c1-53(2)77-75(73(55-23-17-15-18-24-55)79(57-29-33-59(83)34-30-57)89(77)47-45-65(91)49-67(93)51-71(97)98)81(101)87-63-41-37-61(38-42-63)85-69(95)27-21-13-11-9-7-5-6-8-10-12-14-22-28-70(96)86-62-39-43-64(44-40-62)88-82(102)76-74(56-25-19-16-20-26-56)80(58-31-35-60(84)36-32-58)90(78(76)54(3)4)48-46-66(92)50-68(94)52-72(99)100/h15-20,23-26,29-44,53-54,65-68,91-94H,5-14,21-22,27-28,45-52H2,1-4H3,(H,85,95)(H,86,96)(H,87,101)(H,88,102)(H,97,98)(H,99,100)/t65-,66?,67-,68?/m1/s1. The number of aromatic nitrogens is 2. The van der Waals surface area contributed by atoms with Crippen molar-refractivity contribution in [1.82, 2.24) is 9.13 Å². The van der Waals surface area contributed by atoms with E-state index in [1.807, 2.05) is 97.5 Å². The van der Waals surface area contributed by atoms with Crippen LogP contribution in [-0.2, 0) is 32.3 Å². The van der Waals surface area contributed by atoms with Crippen molar-refractivity contribution in [2.45, 2.75) is 205 Å². The van der Waals surface area contributed by atoms with Crippen LogP contribution in [0.25, 0.3) is 44.8 Å². The lowest BCUT2D eigenvalue weighted by Crippen LogP contribution is -2.22. The number of aliphatic hydroxyl groups is 4. The Bertz CT molecular complexity index is 3770. The van der Waals surface area contributed by atoms with E-state index in [0.29, 0.717) is 91.7 Å². The third-order valence-electron chi connectivity index (χ3n) is 18.2. The minimum absolute atomic E-state index is 0.0940. The van der Waals surface area contributed by atoms with Crippen molar-refractivity contribution in [3.05, 3.63) is 192 Å². The Kier molecular flexibility index (Phi) is 29.9. The van der Waals surface area contributed by atoms with Gasteiger partial charge in [0.1, 0.15) is 11.6 Å². The van der Waals surface area contributed by atoms with E-state index in [2.05, 4.69) is 21.3 Å². The maximum absolute atomic E-state index is 14.7. The lowest BCUT2D eigenvalue weighted by Gasteiger charge is -2.20. The number of rotatable bonds is 41. The average molecular weight is 1400 g/mol. The molecule has 0 saturated carbocycles. The zero-order valence-electron chi connectivity index (χ0n) is 58.8. The highest BCUT2D eigenvalue weighted by molar-refractivity contribution is 6.14. The van der Waals surface area contributed by atoms with Crippen LogP contribution in [0.2, 0.25) is 0 Å². The van der Waals surface area contributed by atoms with Crippen LogP contribution in [0.1, 0.15) is 200 Å². The second kappa shape index (κ2) is 39.0. The van der Waals surface area contributed by atoms with Gasteiger partial charge >= 0.3 is 11.9 Å². The molecule has 2 heterocycles. The SMILES string of the molecule is CC(C)c1c(C(=O)Nc2ccc(NC(=O)CCCCCCCCCCCCCCC(=O)Nc3ccc(NC(=O)c4c(-c5ccccc5)c(-c5ccc(F)cc5)n(CC[C@@H](O)C[C@@H](O)CC(=O)O)c4C(C)C)cc3)cc2)c(-c2ccccc2)c(-c2ccc(F)cc2)n1CCC(O)CC(O)CC(=O)O. The summed E-state index contributed by atoms with van der Waals surface area (Å²) in [4.78, 5) is 77.9. The molecule has 0 aliphatic carbocycles. The molecule has 542 valence electrons. The molecule has 0 aliphatic rings. The van der Waals surface area contributed by atoms with Crippen LogP contribution in [0.4, 0.5) is 31.5 Å². The molecule has 2 aromatic heterocycles. The minimum atomic E-state index is -1.24. The largest absolute Gasteiger partial charge is 0.481 e. The third-order valence-corrected chi connectivity index (χ3v) is 18.2. The lowest BCUT2D eigenvalue weighted by molar-refractivity contribution is -0.140. The number of unbranched alkanes of at least 4 members (excludes halogenated alkanes) is 11. The van der Waals surface area contributed by atoms with E-state index in [0.717, 1.165) is 88.2 Å². The second-order valence-corrected chi connectivity index (χ2v) is 27.1. The van der Waals surface area contributed by atoms with E-state index in [-0.39, 0.29) is 62.4 Å². The number of carboxylic acid groups (broad SMARTS) is 2. The molecule has 6 aromatic carbocycles. The smallest absolute Gasteiger partial charge is 0.305 e. The molecule has 20 heteroatoms. The highest BCUT2D eigenvalue weighted by Crippen LogP contribution is 2.45. The number of carbonyl (C=O) groups excluding carboxylic acids is 4. The third kappa shape index (κ3) is 23.0. The molecule has 102 heavy (non-hydrogen) atoms. The molecular weight excluding hydrogens is 1300 g/mol. The number of halogens is 2. The first kappa shape index (κ1) is 78.1. The average Bonchev–Trinajstić information content (AvgIpc) is 1.60. The fourth-order valence-corrected chi connectivity index (χ4v) is 13.4. The molecular formula is C82H98F2N6O12. The fourth-order valence-electron chi connectivity index (χ4n) is 13.4. The number of nitrogens with one attached hydrogen (secondary N) is 4. The minimum Gasteiger partial charge on any atom is -0.481 e. The van der Waals surface area contributed by atoms with Crippen LogP contribution in [0.3, 0.4) is 0 Å². The maximum atomic E-state index is 14.7. The van der Waals surface area contributed by atoms with Crippen molar-refractivity contribution < 1.29 is 68.2 Å². The number of nitrogens with zero attached hydrogens (tertiary/aromatic N) is 2. The molecule has 0 bridgehead atoms. The van der Waals surface area contributed by atoms with Gasteiger partial charge in [-0.1, -0.05) is 153 Å². The summed E-state index contributed by atoms with van der Waals surface area (Å²) in [5.41, 5.74) is 9.61. The van der Waals surface area contributed by atoms with E-state index in [1.165, 1.54) is 24.3 Å². The Hall–Kier alpha value is -9.60. The van der Waals surface area contributed by atoms with Gasteiger partial charge < -0.3 is 61.0 Å². The Labute approximate surface area is 596 Å². The van der Waals surface area contributed by atoms with Crippen molar-refractivity contribution in [1.29, 1.82) is 0 Å². The fraction of sp³-hybridized carbons (Fsp3) is 0.390. The molecule has 4 amide bonds. The lowest BCUT2D eigenvalue weighted by atomic mass is 9.94. The number of benzene rings is 6. The maximum Gasteiger partial charge on any atom is 0.305 e. The molecule has 4 atom stereocenters. The van der Waals surface area contributed by atoms with Crippen molar-refractivity contribution in [3.63, 3.8) is 0 Å². The van der Waals surface area contributed by atoms with Gasteiger partial charge in [0, 0.05) is 71.2 Å². The molecule has 18 nitrogen and oxygen atoms in total. The van der Waals surface area contributed by atoms with Gasteiger partial charge in [-0.25, -0.2) is 8.78 Å². The first-order valence-corrected chi connectivity index (χ1v) is 35.8. The summed E-state index contributed by atoms with van der Waals surface area (Å²) < 4.78 is 32.7. The first-order chi connectivity index (χ1) is 49.0. The monoisotopic (exact) mass is 1400 g/mol. The van der Waals surface area contributed by atoms with Gasteiger partial charge in [-0.2, -0.15) is 0 Å². The van der Waals surface area contributed by atoms with Crippen molar-refractivity contribution in [2.24, 2.45) is 0 Å². The van der Waals surface area contributed by atoms with Gasteiger partial charge in [0.15, 0.2) is 0 Å². The van der Waals surface area contributed by atoms with Crippen LogP contribution in [0.15, 0.2) is 158 Å². The number of amides is 4. The van der Waals surface area contributed by atoms with E-state index >= 15 is 0 Å². The summed E-state index contributed by atoms with van der Waals surface area (Å²) in [6, 6.07) is 44.7. The summed E-state index contributed by atoms with van der Waals surface area (Å²) in [7, 11) is 0. The molecule has 8 aromatic rings. The Balaban J connectivity index is 0.735. The second-order valence-electron chi connectivity index (χ2n) is 27.1. The van der Waals surface area contributed by atoms with Gasteiger partial charge in [-0.3, -0.25) is 28.8 Å². The number of anilines is 4. The predicted octanol–water partition coefficient (Wildman–Crippen LogP) is 17.0. The Morgan fingerprint density at radius 1 is 0.373 bits per heavy atom. The van der Waals surface area contributed by atoms with Crippen molar-refractivity contribution in [2.75, 3.05) is 21.3 Å². The van der Waals surface area contributed by atoms with Crippen LogP contribution in [0.5, 0.6) is 0 Å². The first-order valence-electron chi connectivity index (χ1n) is 35.8. The number of hydrogen-bond acceptors (Lipinski definition) is 10. The van der Waals surface area contributed by atoms with E-state index in [1.54, 1.807) is 72.8 Å². The summed E-state index contributed by atoms with van der Waals surface area (Å²) in [5, 5.41) is 73.0. The van der Waals surface area contributed by atoms with Crippen LogP contribution < -0.4 is 21.3 Å². The quantitative estimate of drug-likeness (QED) is 0.0160. The molecule has 0 spiro atoms. The zero-order chi connectivity index (χ0) is 73.2. The highest BCUT2D eigenvalue weighted by atomic mass is 19.1. The van der Waals surface area contributed by atoms with Crippen molar-refractivity contribution in [3.8, 4) is 44.8 Å². The van der Waals surface area contributed by atoms with Gasteiger partial charge in [0.05, 0.1) is 59.8 Å². The summed E-state index contributed by atoms with van der Waals surface area (Å²) in [6.45, 7) is 8.26. The normalized spacial score (nSPS) is 12.6. The summed E-state index contributed by atoms with van der Waals surface area (Å²) in [6.07, 6.45) is 7.40. The molecule has 0 saturated heterocycles. The Morgan fingerprint density at radius 2 is 0.667 bits per heavy atom. The van der Waals surface area contributed by atoms with Gasteiger partial charge in [-0.15, -0.1) is 0 Å². The van der Waals surface area contributed by atoms with E-state index in [9.17, 15) is 68.2 Å². The van der Waals surface area contributed by atoms with E-state index < -0.39 is 72.6 Å². The molecule has 0 fully saturated rings. The number of carbonyl (C=O) groups is 6. The number of aliphatic carboxylic acids is 2. The van der Waals surface area contributed by atoms with Gasteiger partial charge in [0.25, 0.3) is 11.8 Å². The Morgan fingerprint density at radius 3 is 0.961 bits per heavy atom. The topological polar surface area (TPSA) is 282 Å². The molecule has 8 rings (SSSR count). The van der Waals surface area contributed by atoms with Gasteiger partial charge in [0.2, 0.25) is 11.8 Å². The molecule has 0 radical (unpaired) electrons. The summed E-state index contributed by atoms with van der Waals surface area (Å²) in [5.74, 6) is -4.61. The van der Waals surface area contributed by atoms with Gasteiger partial charge in [-0.05, 0) is 170 Å². The van der Waals surface area contributed by atoms with Crippen molar-refractivity contribution >= 4 is 58.3 Å². The van der Waals surface area contributed by atoms with E-state index in [4.69, 9.17) is 0 Å². The highest BCUT2D eigenvalue weighted by Gasteiger charge is 2.33. The molecule has 10 N–H and O–H groups in total. The predicted molar refractivity (Wildman–Crippen MR) is 396 cm³/mol. The number of hydrogen-bond donors (Lipinski definition) is 10.